The summed E-state index contributed by atoms with van der Waals surface area (Å²) in [4.78, 5) is 14.0. The second kappa shape index (κ2) is 7.49. The predicted octanol–water partition coefficient (Wildman–Crippen LogP) is 2.67. The van der Waals surface area contributed by atoms with Crippen LogP contribution in [0.2, 0.25) is 0 Å². The number of anilines is 1. The molecule has 1 rings (SSSR count). The average molecular weight is 307 g/mol. The number of carbonyl (C=O) groups is 1. The quantitative estimate of drug-likeness (QED) is 0.877. The molecule has 0 aliphatic rings. The summed E-state index contributed by atoms with van der Waals surface area (Å²) in [5.74, 6) is 0. The van der Waals surface area contributed by atoms with Gasteiger partial charge in [0.2, 0.25) is 0 Å². The number of benzene rings is 1. The molecule has 0 spiro atoms. The Kier molecular flexibility index (Phi) is 6.23. The summed E-state index contributed by atoms with van der Waals surface area (Å²) < 4.78 is 5.30. The molecule has 22 heavy (non-hydrogen) atoms. The maximum absolute atomic E-state index is 11.9. The third-order valence-electron chi connectivity index (χ3n) is 3.47. The van der Waals surface area contributed by atoms with E-state index in [-0.39, 0.29) is 12.1 Å². The van der Waals surface area contributed by atoms with E-state index in [0.717, 1.165) is 5.69 Å². The summed E-state index contributed by atoms with van der Waals surface area (Å²) >= 11 is 0. The molecule has 0 heterocycles. The number of aryl methyl sites for hydroxylation is 1. The molecule has 0 aromatic heterocycles. The van der Waals surface area contributed by atoms with Crippen molar-refractivity contribution in [3.8, 4) is 0 Å². The van der Waals surface area contributed by atoms with Crippen LogP contribution in [0.15, 0.2) is 24.3 Å². The maximum atomic E-state index is 11.9. The Balaban J connectivity index is 2.75. The predicted molar refractivity (Wildman–Crippen MR) is 91.3 cm³/mol. The highest BCUT2D eigenvalue weighted by Gasteiger charge is 2.25. The van der Waals surface area contributed by atoms with Crippen LogP contribution in [0.1, 0.15) is 33.3 Å². The van der Waals surface area contributed by atoms with Crippen molar-refractivity contribution in [1.82, 2.24) is 5.32 Å². The number of nitrogens with one attached hydrogen (secondary N) is 1. The van der Waals surface area contributed by atoms with Gasteiger partial charge < -0.3 is 20.7 Å². The Morgan fingerprint density at radius 3 is 2.55 bits per heavy atom. The van der Waals surface area contributed by atoms with Gasteiger partial charge in [-0.3, -0.25) is 0 Å². The number of nitrogens with two attached hydrogens (primary N) is 1. The molecule has 0 bridgehead atoms. The Hall–Kier alpha value is -1.75. The highest BCUT2D eigenvalue weighted by molar-refractivity contribution is 5.68. The van der Waals surface area contributed by atoms with Crippen LogP contribution in [0.3, 0.4) is 0 Å². The van der Waals surface area contributed by atoms with Crippen LogP contribution in [0.4, 0.5) is 10.5 Å². The van der Waals surface area contributed by atoms with E-state index < -0.39 is 11.7 Å². The minimum absolute atomic E-state index is 0.0191. The van der Waals surface area contributed by atoms with Gasteiger partial charge in [0.15, 0.2) is 0 Å². The number of alkyl carbamates (subject to hydrolysis) is 1. The zero-order valence-electron chi connectivity index (χ0n) is 14.5. The van der Waals surface area contributed by atoms with Crippen molar-refractivity contribution in [1.29, 1.82) is 0 Å². The highest BCUT2D eigenvalue weighted by atomic mass is 16.6. The lowest BCUT2D eigenvalue weighted by Crippen LogP contribution is -2.53. The number of amides is 1. The standard InChI is InChI=1S/C17H29N3O2/c1-12-8-7-9-14(10-12)20(6)15(11-18)13(2)19-16(21)22-17(3,4)5/h7-10,13,15H,11,18H2,1-6H3,(H,19,21). The normalized spacial score (nSPS) is 14.1. The van der Waals surface area contributed by atoms with E-state index in [1.165, 1.54) is 5.56 Å². The molecule has 0 saturated carbocycles. The molecule has 5 nitrogen and oxygen atoms in total. The number of ether oxygens (including phenoxy) is 1. The Labute approximate surface area is 133 Å². The lowest BCUT2D eigenvalue weighted by atomic mass is 10.1. The Morgan fingerprint density at radius 2 is 2.05 bits per heavy atom. The molecule has 2 atom stereocenters. The van der Waals surface area contributed by atoms with Crippen molar-refractivity contribution in [2.45, 2.75) is 52.3 Å². The second-order valence-corrected chi connectivity index (χ2v) is 6.69. The molecule has 0 aliphatic carbocycles. The van der Waals surface area contributed by atoms with Crippen LogP contribution in [-0.4, -0.2) is 37.4 Å². The molecule has 0 fully saturated rings. The Bertz CT molecular complexity index is 497. The monoisotopic (exact) mass is 307 g/mol. The maximum Gasteiger partial charge on any atom is 0.407 e. The number of rotatable bonds is 5. The van der Waals surface area contributed by atoms with E-state index in [1.54, 1.807) is 0 Å². The van der Waals surface area contributed by atoms with Crippen LogP contribution in [-0.2, 0) is 4.74 Å². The van der Waals surface area contributed by atoms with Crippen molar-refractivity contribution in [3.05, 3.63) is 29.8 Å². The minimum Gasteiger partial charge on any atom is -0.444 e. The van der Waals surface area contributed by atoms with Gasteiger partial charge in [0.1, 0.15) is 5.60 Å². The summed E-state index contributed by atoms with van der Waals surface area (Å²) in [7, 11) is 1.99. The highest BCUT2D eigenvalue weighted by Crippen LogP contribution is 2.18. The lowest BCUT2D eigenvalue weighted by Gasteiger charge is -2.34. The van der Waals surface area contributed by atoms with Crippen molar-refractivity contribution in [2.24, 2.45) is 5.73 Å². The van der Waals surface area contributed by atoms with Gasteiger partial charge in [-0.25, -0.2) is 4.79 Å². The largest absolute Gasteiger partial charge is 0.444 e. The van der Waals surface area contributed by atoms with Gasteiger partial charge in [-0.1, -0.05) is 12.1 Å². The molecule has 124 valence electrons. The molecule has 2 unspecified atom stereocenters. The second-order valence-electron chi connectivity index (χ2n) is 6.69. The van der Waals surface area contributed by atoms with Crippen LogP contribution in [0, 0.1) is 6.92 Å². The third kappa shape index (κ3) is 5.56. The summed E-state index contributed by atoms with van der Waals surface area (Å²) in [5, 5.41) is 2.87. The molecule has 3 N–H and O–H groups in total. The summed E-state index contributed by atoms with van der Waals surface area (Å²) in [6.07, 6.45) is -0.420. The SMILES string of the molecule is Cc1cccc(N(C)C(CN)C(C)NC(=O)OC(C)(C)C)c1. The topological polar surface area (TPSA) is 67.6 Å². The summed E-state index contributed by atoms with van der Waals surface area (Å²) in [6, 6.07) is 8.05. The van der Waals surface area contributed by atoms with Crippen molar-refractivity contribution in [3.63, 3.8) is 0 Å². The number of hydrogen-bond donors (Lipinski definition) is 2. The first-order valence-electron chi connectivity index (χ1n) is 7.63. The molecule has 0 saturated heterocycles. The fraction of sp³-hybridized carbons (Fsp3) is 0.588. The number of nitrogens with zero attached hydrogens (tertiary/aromatic N) is 1. The number of carbonyl (C=O) groups excluding carboxylic acids is 1. The first kappa shape index (κ1) is 18.3. The Morgan fingerprint density at radius 1 is 1.41 bits per heavy atom. The first-order valence-corrected chi connectivity index (χ1v) is 7.63. The molecule has 0 aliphatic heterocycles. The van der Waals surface area contributed by atoms with Gasteiger partial charge in [-0.15, -0.1) is 0 Å². The van der Waals surface area contributed by atoms with Crippen molar-refractivity contribution < 1.29 is 9.53 Å². The smallest absolute Gasteiger partial charge is 0.407 e. The number of likely N-dealkylation sites (N-methyl/N-ethyl adjacent to an activating group) is 1. The van der Waals surface area contributed by atoms with Gasteiger partial charge in [-0.2, -0.15) is 0 Å². The average Bonchev–Trinajstić information content (AvgIpc) is 2.36. The van der Waals surface area contributed by atoms with E-state index in [2.05, 4.69) is 29.3 Å². The molecule has 1 aromatic rings. The van der Waals surface area contributed by atoms with Crippen molar-refractivity contribution in [2.75, 3.05) is 18.5 Å². The van der Waals surface area contributed by atoms with Crippen LogP contribution in [0.5, 0.6) is 0 Å². The van der Waals surface area contributed by atoms with Crippen LogP contribution in [0.25, 0.3) is 0 Å². The van der Waals surface area contributed by atoms with Crippen LogP contribution >= 0.6 is 0 Å². The van der Waals surface area contributed by atoms with Gasteiger partial charge in [0.05, 0.1) is 12.1 Å². The zero-order chi connectivity index (χ0) is 16.9. The van der Waals surface area contributed by atoms with E-state index in [0.29, 0.717) is 6.54 Å². The van der Waals surface area contributed by atoms with E-state index in [9.17, 15) is 4.79 Å². The summed E-state index contributed by atoms with van der Waals surface area (Å²) in [6.45, 7) is 9.95. The van der Waals surface area contributed by atoms with E-state index >= 15 is 0 Å². The molecule has 1 amide bonds. The van der Waals surface area contributed by atoms with Crippen LogP contribution < -0.4 is 16.0 Å². The molecule has 5 heteroatoms. The van der Waals surface area contributed by atoms with E-state index in [1.807, 2.05) is 46.9 Å². The minimum atomic E-state index is -0.509. The fourth-order valence-electron chi connectivity index (χ4n) is 2.33. The molecule has 1 aromatic carbocycles. The number of hydrogen-bond acceptors (Lipinski definition) is 4. The van der Waals surface area contributed by atoms with Gasteiger partial charge in [-0.05, 0) is 52.3 Å². The molecular formula is C17H29N3O2. The van der Waals surface area contributed by atoms with Gasteiger partial charge in [0.25, 0.3) is 0 Å². The molecular weight excluding hydrogens is 278 g/mol. The van der Waals surface area contributed by atoms with E-state index in [4.69, 9.17) is 10.5 Å². The fourth-order valence-corrected chi connectivity index (χ4v) is 2.33. The molecule has 0 radical (unpaired) electrons. The zero-order valence-corrected chi connectivity index (χ0v) is 14.5. The van der Waals surface area contributed by atoms with Gasteiger partial charge in [0, 0.05) is 19.3 Å². The first-order chi connectivity index (χ1) is 10.1. The van der Waals surface area contributed by atoms with Crippen molar-refractivity contribution >= 4 is 11.8 Å². The van der Waals surface area contributed by atoms with Gasteiger partial charge >= 0.3 is 6.09 Å². The third-order valence-corrected chi connectivity index (χ3v) is 3.47. The lowest BCUT2D eigenvalue weighted by molar-refractivity contribution is 0.0502. The summed E-state index contributed by atoms with van der Waals surface area (Å²) in [5.41, 5.74) is 7.67.